The second-order valence-electron chi connectivity index (χ2n) is 4.94. The minimum atomic E-state index is -6.09. The van der Waals surface area contributed by atoms with Crippen molar-refractivity contribution in [1.29, 1.82) is 0 Å². The van der Waals surface area contributed by atoms with Gasteiger partial charge >= 0.3 is 5.51 Å². The Hall–Kier alpha value is -2.45. The molecule has 0 aromatic heterocycles. The van der Waals surface area contributed by atoms with Crippen LogP contribution in [-0.4, -0.2) is 35.8 Å². The Bertz CT molecular complexity index is 831. The fourth-order valence-electron chi connectivity index (χ4n) is 1.82. The van der Waals surface area contributed by atoms with E-state index >= 15 is 0 Å². The van der Waals surface area contributed by atoms with Crippen molar-refractivity contribution in [3.63, 3.8) is 0 Å². The van der Waals surface area contributed by atoms with Gasteiger partial charge in [-0.15, -0.1) is 0 Å². The Labute approximate surface area is 150 Å². The maximum atomic E-state index is 10.7. The topological polar surface area (TPSA) is 60.2 Å². The summed E-state index contributed by atoms with van der Waals surface area (Å²) in [5.41, 5.74) is -3.21. The SMILES string of the molecule is CC[N+](=CC=Cc1ccccc1)c1ccccc1.O=S(=O)([O-])C(F)(F)F. The van der Waals surface area contributed by atoms with Crippen LogP contribution >= 0.6 is 0 Å². The molecule has 0 radical (unpaired) electrons. The van der Waals surface area contributed by atoms with E-state index in [0.29, 0.717) is 0 Å². The molecule has 0 amide bonds. The average Bonchev–Trinajstić information content (AvgIpc) is 2.59. The predicted octanol–water partition coefficient (Wildman–Crippen LogP) is 4.19. The van der Waals surface area contributed by atoms with E-state index in [4.69, 9.17) is 13.0 Å². The van der Waals surface area contributed by atoms with E-state index in [-0.39, 0.29) is 0 Å². The van der Waals surface area contributed by atoms with Crippen LogP contribution in [0.15, 0.2) is 66.7 Å². The summed E-state index contributed by atoms with van der Waals surface area (Å²) in [4.78, 5) is 0. The van der Waals surface area contributed by atoms with Crippen LogP contribution in [0.2, 0.25) is 0 Å². The summed E-state index contributed by atoms with van der Waals surface area (Å²) >= 11 is 0. The number of nitrogens with zero attached hydrogens (tertiary/aromatic N) is 1. The van der Waals surface area contributed by atoms with Crippen LogP contribution in [0.4, 0.5) is 18.9 Å². The molecule has 8 heteroatoms. The lowest BCUT2D eigenvalue weighted by atomic mass is 10.2. The molecule has 0 aliphatic heterocycles. The molecule has 2 aromatic carbocycles. The highest BCUT2D eigenvalue weighted by atomic mass is 32.2. The van der Waals surface area contributed by atoms with Crippen LogP contribution < -0.4 is 0 Å². The Morgan fingerprint density at radius 1 is 1.00 bits per heavy atom. The van der Waals surface area contributed by atoms with Gasteiger partial charge < -0.3 is 4.55 Å². The molecule has 0 unspecified atom stereocenters. The average molecular weight is 385 g/mol. The molecule has 0 spiro atoms. The number of hydrogen-bond donors (Lipinski definition) is 0. The monoisotopic (exact) mass is 385 g/mol. The third-order valence-electron chi connectivity index (χ3n) is 3.07. The lowest BCUT2D eigenvalue weighted by Crippen LogP contribution is -2.21. The zero-order chi connectivity index (χ0) is 19.6. The van der Waals surface area contributed by atoms with Crippen molar-refractivity contribution >= 4 is 28.1 Å². The van der Waals surface area contributed by atoms with Gasteiger partial charge in [-0.3, -0.25) is 0 Å². The van der Waals surface area contributed by atoms with Gasteiger partial charge in [-0.25, -0.2) is 8.42 Å². The van der Waals surface area contributed by atoms with Crippen molar-refractivity contribution in [3.05, 3.63) is 72.3 Å². The van der Waals surface area contributed by atoms with Gasteiger partial charge in [0.1, 0.15) is 6.54 Å². The Balaban J connectivity index is 0.000000359. The van der Waals surface area contributed by atoms with E-state index < -0.39 is 15.6 Å². The molecule has 0 aliphatic carbocycles. The molecule has 0 saturated heterocycles. The summed E-state index contributed by atoms with van der Waals surface area (Å²) in [6.45, 7) is 3.11. The van der Waals surface area contributed by atoms with Gasteiger partial charge in [-0.1, -0.05) is 48.5 Å². The molecule has 140 valence electrons. The van der Waals surface area contributed by atoms with E-state index in [1.807, 2.05) is 12.1 Å². The summed E-state index contributed by atoms with van der Waals surface area (Å²) < 4.78 is 61.1. The number of alkyl halides is 3. The number of para-hydroxylation sites is 1. The van der Waals surface area contributed by atoms with Crippen molar-refractivity contribution in [2.24, 2.45) is 0 Å². The first-order chi connectivity index (χ1) is 12.1. The maximum Gasteiger partial charge on any atom is 0.485 e. The molecular weight excluding hydrogens is 367 g/mol. The van der Waals surface area contributed by atoms with Gasteiger partial charge in [0.05, 0.1) is 0 Å². The van der Waals surface area contributed by atoms with Crippen molar-refractivity contribution in [2.75, 3.05) is 6.54 Å². The largest absolute Gasteiger partial charge is 0.741 e. The second kappa shape index (κ2) is 9.88. The second-order valence-corrected chi connectivity index (χ2v) is 6.31. The summed E-state index contributed by atoms with van der Waals surface area (Å²) in [6, 6.07) is 20.7. The lowest BCUT2D eigenvalue weighted by Gasteiger charge is -2.08. The summed E-state index contributed by atoms with van der Waals surface area (Å²) in [5.74, 6) is 0. The normalized spacial score (nSPS) is 12.6. The van der Waals surface area contributed by atoms with E-state index in [1.165, 1.54) is 11.3 Å². The van der Waals surface area contributed by atoms with Gasteiger partial charge in [-0.05, 0) is 18.6 Å². The molecule has 0 aliphatic rings. The van der Waals surface area contributed by atoms with Crippen LogP contribution in [0.3, 0.4) is 0 Å². The Morgan fingerprint density at radius 3 is 1.88 bits per heavy atom. The van der Waals surface area contributed by atoms with Crippen molar-refractivity contribution in [2.45, 2.75) is 12.4 Å². The van der Waals surface area contributed by atoms with Gasteiger partial charge in [0, 0.05) is 18.2 Å². The molecule has 0 bridgehead atoms. The number of hydrogen-bond acceptors (Lipinski definition) is 3. The fraction of sp³-hybridized carbons (Fsp3) is 0.167. The molecule has 2 aromatic rings. The van der Waals surface area contributed by atoms with E-state index in [9.17, 15) is 13.2 Å². The minimum absolute atomic E-state index is 0.961. The molecule has 0 fully saturated rings. The van der Waals surface area contributed by atoms with Gasteiger partial charge in [-0.2, -0.15) is 17.7 Å². The highest BCUT2D eigenvalue weighted by Gasteiger charge is 2.36. The minimum Gasteiger partial charge on any atom is -0.741 e. The standard InChI is InChI=1S/C17H18N.CHF3O3S/c1-2-18(17-13-7-4-8-14-17)15-9-12-16-10-5-3-6-11-16;2-1(3,4)8(5,6)7/h3-15H,2H2,1H3;(H,5,6,7)/q+1;/p-1. The third kappa shape index (κ3) is 7.62. The van der Waals surface area contributed by atoms with Gasteiger partial charge in [0.2, 0.25) is 5.69 Å². The molecule has 4 nitrogen and oxygen atoms in total. The molecule has 26 heavy (non-hydrogen) atoms. The highest BCUT2D eigenvalue weighted by molar-refractivity contribution is 7.86. The van der Waals surface area contributed by atoms with Crippen molar-refractivity contribution in [1.82, 2.24) is 0 Å². The summed E-state index contributed by atoms with van der Waals surface area (Å²) in [6.07, 6.45) is 6.32. The van der Waals surface area contributed by atoms with Crippen LogP contribution in [0.25, 0.3) is 6.08 Å². The molecule has 0 N–H and O–H groups in total. The first-order valence-electron chi connectivity index (χ1n) is 7.55. The molecule has 0 atom stereocenters. The smallest absolute Gasteiger partial charge is 0.485 e. The lowest BCUT2D eigenvalue weighted by molar-refractivity contribution is -0.430. The van der Waals surface area contributed by atoms with Crippen LogP contribution in [0, 0.1) is 0 Å². The molecular formula is C18H18F3NO3S. The highest BCUT2D eigenvalue weighted by Crippen LogP contribution is 2.20. The van der Waals surface area contributed by atoms with E-state index in [2.05, 4.69) is 78.4 Å². The molecule has 0 saturated carbocycles. The fourth-order valence-corrected chi connectivity index (χ4v) is 1.82. The van der Waals surface area contributed by atoms with Crippen molar-refractivity contribution in [3.8, 4) is 0 Å². The third-order valence-corrected chi connectivity index (χ3v) is 3.63. The predicted molar refractivity (Wildman–Crippen MR) is 94.2 cm³/mol. The van der Waals surface area contributed by atoms with Gasteiger partial charge in [0.25, 0.3) is 0 Å². The molecule has 0 heterocycles. The molecule has 2 rings (SSSR count). The first kappa shape index (κ1) is 21.6. The van der Waals surface area contributed by atoms with Crippen molar-refractivity contribution < 1.29 is 30.7 Å². The van der Waals surface area contributed by atoms with E-state index in [0.717, 1.165) is 6.54 Å². The van der Waals surface area contributed by atoms with Crippen LogP contribution in [0.5, 0.6) is 0 Å². The van der Waals surface area contributed by atoms with Crippen LogP contribution in [-0.2, 0) is 10.1 Å². The van der Waals surface area contributed by atoms with Gasteiger partial charge in [0.15, 0.2) is 16.3 Å². The number of rotatable bonds is 4. The Morgan fingerprint density at radius 2 is 1.46 bits per heavy atom. The summed E-state index contributed by atoms with van der Waals surface area (Å²) in [5, 5.41) is 0. The number of allylic oxidation sites excluding steroid dienone is 1. The summed E-state index contributed by atoms with van der Waals surface area (Å²) in [7, 11) is -6.09. The quantitative estimate of drug-likeness (QED) is 0.343. The Kier molecular flexibility index (Phi) is 8.21. The number of halogens is 3. The van der Waals surface area contributed by atoms with E-state index in [1.54, 1.807) is 0 Å². The first-order valence-corrected chi connectivity index (χ1v) is 8.96. The zero-order valence-corrected chi connectivity index (χ0v) is 14.7. The zero-order valence-electron chi connectivity index (χ0n) is 13.9. The maximum absolute atomic E-state index is 10.7. The number of benzene rings is 2. The van der Waals surface area contributed by atoms with Crippen LogP contribution in [0.1, 0.15) is 12.5 Å².